The van der Waals surface area contributed by atoms with Gasteiger partial charge in [0.25, 0.3) is 0 Å². The van der Waals surface area contributed by atoms with Crippen LogP contribution in [-0.2, 0) is 6.54 Å². The van der Waals surface area contributed by atoms with Gasteiger partial charge in [-0.25, -0.2) is 4.98 Å². The molecule has 2 aromatic rings. The third-order valence-corrected chi connectivity index (χ3v) is 1.89. The minimum atomic E-state index is -0.554. The summed E-state index contributed by atoms with van der Waals surface area (Å²) in [4.78, 5) is 14.5. The van der Waals surface area contributed by atoms with E-state index in [1.165, 1.54) is 6.39 Å². The predicted molar refractivity (Wildman–Crippen MR) is 52.0 cm³/mol. The molecule has 0 aliphatic heterocycles. The third kappa shape index (κ3) is 1.61. The Balaban J connectivity index is 2.32. The van der Waals surface area contributed by atoms with Crippen LogP contribution in [0, 0.1) is 0 Å². The van der Waals surface area contributed by atoms with Gasteiger partial charge in [0.15, 0.2) is 17.8 Å². The van der Waals surface area contributed by atoms with Crippen LogP contribution in [0.4, 0.5) is 4.79 Å². The smallest absolute Gasteiger partial charge is 0.200 e. The number of nitrogens with zero attached hydrogens (tertiary/aromatic N) is 1. The van der Waals surface area contributed by atoms with E-state index in [1.54, 1.807) is 0 Å². The van der Waals surface area contributed by atoms with Gasteiger partial charge in [0, 0.05) is 12.1 Å². The first kappa shape index (κ1) is 8.81. The number of para-hydroxylation sites is 1. The van der Waals surface area contributed by atoms with Gasteiger partial charge >= 0.3 is 0 Å². The average Bonchev–Trinajstić information content (AvgIpc) is 2.62. The first-order chi connectivity index (χ1) is 6.77. The molecule has 0 unspecified atom stereocenters. The van der Waals surface area contributed by atoms with Crippen molar-refractivity contribution in [2.24, 2.45) is 0 Å². The molecule has 0 spiro atoms. The Labute approximate surface area is 81.7 Å². The maximum atomic E-state index is 10.5. The van der Waals surface area contributed by atoms with Crippen molar-refractivity contribution in [3.63, 3.8) is 0 Å². The quantitative estimate of drug-likeness (QED) is 0.717. The number of nitrogens with one attached hydrogen (secondary N) is 1. The molecule has 1 N–H and O–H groups in total. The summed E-state index contributed by atoms with van der Waals surface area (Å²) in [7, 11) is 4.96. The van der Waals surface area contributed by atoms with E-state index in [2.05, 4.69) is 10.3 Å². The minimum Gasteiger partial charge on any atom is -0.443 e. The number of hydrogen-bond donors (Lipinski definition) is 1. The van der Waals surface area contributed by atoms with Crippen molar-refractivity contribution in [1.29, 1.82) is 0 Å². The van der Waals surface area contributed by atoms with E-state index in [-0.39, 0.29) is 0 Å². The highest BCUT2D eigenvalue weighted by Gasteiger charge is 2.04. The summed E-state index contributed by atoms with van der Waals surface area (Å²) in [6.45, 7) is 0.349. The molecule has 0 saturated heterocycles. The Morgan fingerprint density at radius 1 is 1.57 bits per heavy atom. The maximum Gasteiger partial charge on any atom is 0.200 e. The van der Waals surface area contributed by atoms with Crippen LogP contribution in [0.1, 0.15) is 5.56 Å². The van der Waals surface area contributed by atoms with Gasteiger partial charge in [-0.2, -0.15) is 0 Å². The van der Waals surface area contributed by atoms with E-state index >= 15 is 0 Å². The van der Waals surface area contributed by atoms with Crippen LogP contribution in [0.25, 0.3) is 11.1 Å². The molecule has 4 nitrogen and oxygen atoms in total. The van der Waals surface area contributed by atoms with E-state index in [0.29, 0.717) is 12.1 Å². The van der Waals surface area contributed by atoms with Crippen molar-refractivity contribution in [2.45, 2.75) is 6.54 Å². The summed E-state index contributed by atoms with van der Waals surface area (Å²) < 4.78 is 5.18. The first-order valence-corrected chi connectivity index (χ1v) is 4.12. The van der Waals surface area contributed by atoms with Crippen LogP contribution in [0.2, 0.25) is 0 Å². The molecular formula is C9H7BN2O2. The molecule has 68 valence electrons. The van der Waals surface area contributed by atoms with Crippen LogP contribution >= 0.6 is 0 Å². The van der Waals surface area contributed by atoms with Crippen molar-refractivity contribution >= 4 is 24.8 Å². The van der Waals surface area contributed by atoms with Crippen molar-refractivity contribution in [3.05, 3.63) is 30.2 Å². The average molecular weight is 186 g/mol. The molecule has 1 heterocycles. The van der Waals surface area contributed by atoms with Crippen molar-refractivity contribution in [3.8, 4) is 0 Å². The number of carbonyl (C=O) groups is 1. The van der Waals surface area contributed by atoms with E-state index in [9.17, 15) is 4.79 Å². The number of fused-ring (bicyclic) bond motifs is 1. The second-order valence-corrected chi connectivity index (χ2v) is 2.84. The first-order valence-electron chi connectivity index (χ1n) is 4.12. The maximum absolute atomic E-state index is 10.5. The Morgan fingerprint density at radius 3 is 3.21 bits per heavy atom. The van der Waals surface area contributed by atoms with Gasteiger partial charge in [0.2, 0.25) is 7.85 Å². The molecule has 2 radical (unpaired) electrons. The fraction of sp³-hybridized carbons (Fsp3) is 0.111. The Hall–Kier alpha value is -1.78. The van der Waals surface area contributed by atoms with Crippen molar-refractivity contribution < 1.29 is 9.21 Å². The zero-order valence-electron chi connectivity index (χ0n) is 7.36. The molecule has 0 fully saturated rings. The molecule has 14 heavy (non-hydrogen) atoms. The molecule has 0 atom stereocenters. The largest absolute Gasteiger partial charge is 0.443 e. The second-order valence-electron chi connectivity index (χ2n) is 2.84. The van der Waals surface area contributed by atoms with Gasteiger partial charge in [-0.1, -0.05) is 12.1 Å². The summed E-state index contributed by atoms with van der Waals surface area (Å²) in [5, 5.41) is 2.49. The lowest BCUT2D eigenvalue weighted by Gasteiger charge is -2.02. The van der Waals surface area contributed by atoms with Crippen LogP contribution < -0.4 is 5.32 Å². The Bertz CT molecular complexity index is 467. The minimum absolute atomic E-state index is 0.349. The van der Waals surface area contributed by atoms with Crippen LogP contribution in [0.15, 0.2) is 29.0 Å². The molecule has 5 heteroatoms. The number of benzene rings is 1. The molecular weight excluding hydrogens is 179 g/mol. The molecule has 1 aromatic carbocycles. The summed E-state index contributed by atoms with van der Waals surface area (Å²) >= 11 is 0. The Morgan fingerprint density at radius 2 is 2.43 bits per heavy atom. The van der Waals surface area contributed by atoms with Gasteiger partial charge in [0.05, 0.1) is 0 Å². The van der Waals surface area contributed by atoms with Gasteiger partial charge < -0.3 is 9.73 Å². The van der Waals surface area contributed by atoms with Crippen LogP contribution in [0.5, 0.6) is 0 Å². The molecule has 2 rings (SSSR count). The normalized spacial score (nSPS) is 10.3. The number of carbonyl (C=O) groups excluding carboxylic acids is 1. The van der Waals surface area contributed by atoms with E-state index < -0.39 is 5.81 Å². The zero-order valence-corrected chi connectivity index (χ0v) is 7.36. The SMILES string of the molecule is [B]C(=O)NCc1cccc2ncoc12. The lowest BCUT2D eigenvalue weighted by atomic mass is 10.1. The predicted octanol–water partition coefficient (Wildman–Crippen LogP) is 1.21. The highest BCUT2D eigenvalue weighted by molar-refractivity contribution is 6.57. The van der Waals surface area contributed by atoms with Crippen LogP contribution in [-0.4, -0.2) is 18.6 Å². The second kappa shape index (κ2) is 3.53. The number of rotatable bonds is 2. The van der Waals surface area contributed by atoms with E-state index in [4.69, 9.17) is 12.3 Å². The fourth-order valence-corrected chi connectivity index (χ4v) is 1.27. The molecule has 0 aliphatic rings. The van der Waals surface area contributed by atoms with Gasteiger partial charge in [-0.15, -0.1) is 0 Å². The monoisotopic (exact) mass is 186 g/mol. The van der Waals surface area contributed by atoms with Gasteiger partial charge in [-0.05, 0) is 6.07 Å². The summed E-state index contributed by atoms with van der Waals surface area (Å²) in [5.74, 6) is -0.554. The number of aromatic nitrogens is 1. The number of oxazole rings is 1. The molecule has 0 bridgehead atoms. The van der Waals surface area contributed by atoms with Gasteiger partial charge in [-0.3, -0.25) is 4.79 Å². The Kier molecular flexibility index (Phi) is 2.22. The summed E-state index contributed by atoms with van der Waals surface area (Å²) in [6.07, 6.45) is 1.37. The topological polar surface area (TPSA) is 55.1 Å². The number of hydrogen-bond acceptors (Lipinski definition) is 3. The van der Waals surface area contributed by atoms with Crippen LogP contribution in [0.3, 0.4) is 0 Å². The lowest BCUT2D eigenvalue weighted by Crippen LogP contribution is -2.20. The summed E-state index contributed by atoms with van der Waals surface area (Å²) in [6, 6.07) is 5.54. The van der Waals surface area contributed by atoms with Gasteiger partial charge in [0.1, 0.15) is 5.52 Å². The third-order valence-electron chi connectivity index (χ3n) is 1.89. The van der Waals surface area contributed by atoms with E-state index in [1.807, 2.05) is 18.2 Å². The van der Waals surface area contributed by atoms with E-state index in [0.717, 1.165) is 11.1 Å². The zero-order chi connectivity index (χ0) is 9.97. The fourth-order valence-electron chi connectivity index (χ4n) is 1.27. The summed E-state index contributed by atoms with van der Waals surface area (Å²) in [5.41, 5.74) is 2.31. The van der Waals surface area contributed by atoms with Crippen molar-refractivity contribution in [2.75, 3.05) is 0 Å². The molecule has 1 amide bonds. The lowest BCUT2D eigenvalue weighted by molar-refractivity contribution is 0.259. The molecule has 0 saturated carbocycles. The highest BCUT2D eigenvalue weighted by atomic mass is 16.3. The molecule has 1 aromatic heterocycles. The molecule has 0 aliphatic carbocycles. The standard InChI is InChI=1S/C9H7BN2O2/c10-9(13)11-4-6-2-1-3-7-8(6)14-5-12-7/h1-3,5H,4H2,(H,11,13). The highest BCUT2D eigenvalue weighted by Crippen LogP contribution is 2.16. The van der Waals surface area contributed by atoms with Crippen molar-refractivity contribution in [1.82, 2.24) is 10.3 Å². The number of amides is 1.